The van der Waals surface area contributed by atoms with Crippen molar-refractivity contribution in [2.45, 2.75) is 32.4 Å². The first kappa shape index (κ1) is 18.2. The topological polar surface area (TPSA) is 60.2 Å². The lowest BCUT2D eigenvalue weighted by Gasteiger charge is -2.40. The van der Waals surface area contributed by atoms with E-state index in [1.807, 2.05) is 54.9 Å². The maximum atomic E-state index is 13.1. The Balaban J connectivity index is 1.87. The molecule has 1 aliphatic heterocycles. The van der Waals surface area contributed by atoms with Crippen molar-refractivity contribution in [3.63, 3.8) is 0 Å². The van der Waals surface area contributed by atoms with Gasteiger partial charge in [-0.3, -0.25) is 9.69 Å². The van der Waals surface area contributed by atoms with E-state index in [1.165, 1.54) is 6.33 Å². The van der Waals surface area contributed by atoms with Gasteiger partial charge in [0.05, 0.1) is 19.2 Å². The van der Waals surface area contributed by atoms with Crippen molar-refractivity contribution < 1.29 is 9.53 Å². The second-order valence-corrected chi connectivity index (χ2v) is 7.29. The number of amides is 1. The van der Waals surface area contributed by atoms with Crippen molar-refractivity contribution in [2.75, 3.05) is 12.0 Å². The molecule has 144 valence electrons. The number of hydrogen-bond acceptors (Lipinski definition) is 4. The van der Waals surface area contributed by atoms with Gasteiger partial charge in [-0.1, -0.05) is 62.4 Å². The summed E-state index contributed by atoms with van der Waals surface area (Å²) in [5.41, 5.74) is 2.12. The highest BCUT2D eigenvalue weighted by molar-refractivity contribution is 5.94. The minimum atomic E-state index is -0.140. The van der Waals surface area contributed by atoms with Crippen molar-refractivity contribution >= 4 is 11.9 Å². The van der Waals surface area contributed by atoms with Crippen molar-refractivity contribution in [1.29, 1.82) is 0 Å². The number of benzene rings is 2. The first-order valence-electron chi connectivity index (χ1n) is 9.52. The smallest absolute Gasteiger partial charge is 0.232 e. The van der Waals surface area contributed by atoms with Crippen LogP contribution < -0.4 is 9.64 Å². The van der Waals surface area contributed by atoms with Crippen LogP contribution in [0.3, 0.4) is 0 Å². The molecule has 0 bridgehead atoms. The van der Waals surface area contributed by atoms with Crippen LogP contribution >= 0.6 is 0 Å². The van der Waals surface area contributed by atoms with Crippen LogP contribution in [0.25, 0.3) is 0 Å². The van der Waals surface area contributed by atoms with Crippen LogP contribution in [0.4, 0.5) is 5.95 Å². The fourth-order valence-electron chi connectivity index (χ4n) is 3.88. The Bertz CT molecular complexity index is 967. The van der Waals surface area contributed by atoms with E-state index < -0.39 is 0 Å². The number of para-hydroxylation sites is 1. The Labute approximate surface area is 164 Å². The fourth-order valence-corrected chi connectivity index (χ4v) is 3.88. The number of aromatic nitrogens is 3. The summed E-state index contributed by atoms with van der Waals surface area (Å²) in [6.07, 6.45) is 2.21. The molecule has 2 unspecified atom stereocenters. The van der Waals surface area contributed by atoms with Crippen LogP contribution in [-0.2, 0) is 4.79 Å². The number of methoxy groups -OCH3 is 1. The van der Waals surface area contributed by atoms with Crippen LogP contribution in [0.1, 0.15) is 43.5 Å². The number of carbonyl (C=O) groups excluding carboxylic acids is 1. The molecule has 6 heteroatoms. The molecule has 0 saturated heterocycles. The molecule has 0 fully saturated rings. The Morgan fingerprint density at radius 3 is 2.50 bits per heavy atom. The molecular weight excluding hydrogens is 352 g/mol. The van der Waals surface area contributed by atoms with Crippen molar-refractivity contribution in [3.05, 3.63) is 72.1 Å². The van der Waals surface area contributed by atoms with E-state index in [1.54, 1.807) is 12.0 Å². The largest absolute Gasteiger partial charge is 0.496 e. The van der Waals surface area contributed by atoms with Crippen molar-refractivity contribution in [3.8, 4) is 5.75 Å². The molecule has 0 radical (unpaired) electrons. The molecule has 4 rings (SSSR count). The maximum absolute atomic E-state index is 13.1. The normalized spacial score (nSPS) is 18.8. The third-order valence-corrected chi connectivity index (χ3v) is 5.24. The van der Waals surface area contributed by atoms with Gasteiger partial charge >= 0.3 is 0 Å². The van der Waals surface area contributed by atoms with E-state index in [0.29, 0.717) is 12.4 Å². The summed E-state index contributed by atoms with van der Waals surface area (Å²) in [6.45, 7) is 3.83. The summed E-state index contributed by atoms with van der Waals surface area (Å²) in [7, 11) is 1.67. The van der Waals surface area contributed by atoms with E-state index in [2.05, 4.69) is 28.3 Å². The number of nitrogens with zero attached hydrogens (tertiary/aromatic N) is 4. The SMILES string of the molecule is COc1ccccc1C1CC(c2ccccc2)N(C(=O)C(C)C)c2ncnn21. The molecule has 2 atom stereocenters. The zero-order valence-electron chi connectivity index (χ0n) is 16.3. The quantitative estimate of drug-likeness (QED) is 0.690. The van der Waals surface area contributed by atoms with Gasteiger partial charge in [0.2, 0.25) is 11.9 Å². The molecule has 1 aliphatic rings. The second-order valence-electron chi connectivity index (χ2n) is 7.29. The lowest BCUT2D eigenvalue weighted by Crippen LogP contribution is -2.44. The Morgan fingerprint density at radius 1 is 1.07 bits per heavy atom. The van der Waals surface area contributed by atoms with Gasteiger partial charge in [-0.2, -0.15) is 10.1 Å². The van der Waals surface area contributed by atoms with Gasteiger partial charge < -0.3 is 4.74 Å². The van der Waals surface area contributed by atoms with Crippen molar-refractivity contribution in [2.24, 2.45) is 5.92 Å². The van der Waals surface area contributed by atoms with E-state index in [9.17, 15) is 4.79 Å². The first-order chi connectivity index (χ1) is 13.6. The van der Waals surface area contributed by atoms with Crippen LogP contribution in [0, 0.1) is 5.92 Å². The van der Waals surface area contributed by atoms with Crippen LogP contribution in [-0.4, -0.2) is 27.8 Å². The van der Waals surface area contributed by atoms with Gasteiger partial charge in [0.15, 0.2) is 0 Å². The highest BCUT2D eigenvalue weighted by Crippen LogP contribution is 2.44. The molecule has 0 aliphatic carbocycles. The van der Waals surface area contributed by atoms with Crippen LogP contribution in [0.5, 0.6) is 5.75 Å². The average Bonchev–Trinajstić information content (AvgIpc) is 3.22. The minimum absolute atomic E-state index is 0.0431. The van der Waals surface area contributed by atoms with E-state index in [4.69, 9.17) is 4.74 Å². The summed E-state index contributed by atoms with van der Waals surface area (Å²) in [4.78, 5) is 19.4. The van der Waals surface area contributed by atoms with E-state index in [0.717, 1.165) is 16.9 Å². The first-order valence-corrected chi connectivity index (χ1v) is 9.52. The molecular formula is C22H24N4O2. The Kier molecular flexibility index (Phi) is 4.86. The summed E-state index contributed by atoms with van der Waals surface area (Å²) < 4.78 is 7.45. The van der Waals surface area contributed by atoms with Gasteiger partial charge in [-0.25, -0.2) is 4.68 Å². The summed E-state index contributed by atoms with van der Waals surface area (Å²) in [6, 6.07) is 17.9. The maximum Gasteiger partial charge on any atom is 0.232 e. The molecule has 0 saturated carbocycles. The minimum Gasteiger partial charge on any atom is -0.496 e. The summed E-state index contributed by atoms with van der Waals surface area (Å²) in [5, 5.41) is 4.47. The molecule has 0 N–H and O–H groups in total. The fraction of sp³-hybridized carbons (Fsp3) is 0.318. The van der Waals surface area contributed by atoms with E-state index >= 15 is 0 Å². The number of hydrogen-bond donors (Lipinski definition) is 0. The predicted molar refractivity (Wildman–Crippen MR) is 107 cm³/mol. The lowest BCUT2D eigenvalue weighted by molar-refractivity contribution is -0.122. The molecule has 28 heavy (non-hydrogen) atoms. The summed E-state index contributed by atoms with van der Waals surface area (Å²) in [5.74, 6) is 1.29. The lowest BCUT2D eigenvalue weighted by atomic mass is 9.91. The highest BCUT2D eigenvalue weighted by Gasteiger charge is 2.40. The van der Waals surface area contributed by atoms with Crippen LogP contribution in [0.2, 0.25) is 0 Å². The predicted octanol–water partition coefficient (Wildman–Crippen LogP) is 4.01. The zero-order valence-corrected chi connectivity index (χ0v) is 16.3. The molecule has 1 amide bonds. The molecule has 2 aromatic carbocycles. The zero-order chi connectivity index (χ0) is 19.7. The summed E-state index contributed by atoms with van der Waals surface area (Å²) >= 11 is 0. The third kappa shape index (κ3) is 3.05. The van der Waals surface area contributed by atoms with Crippen LogP contribution in [0.15, 0.2) is 60.9 Å². The number of rotatable bonds is 4. The number of carbonyl (C=O) groups is 1. The van der Waals surface area contributed by atoms with E-state index in [-0.39, 0.29) is 23.9 Å². The molecule has 3 aromatic rings. The Hall–Kier alpha value is -3.15. The third-order valence-electron chi connectivity index (χ3n) is 5.24. The molecule has 1 aromatic heterocycles. The highest BCUT2D eigenvalue weighted by atomic mass is 16.5. The Morgan fingerprint density at radius 2 is 1.79 bits per heavy atom. The van der Waals surface area contributed by atoms with Crippen molar-refractivity contribution in [1.82, 2.24) is 14.8 Å². The van der Waals surface area contributed by atoms with Gasteiger partial charge in [0, 0.05) is 11.5 Å². The van der Waals surface area contributed by atoms with Gasteiger partial charge in [-0.15, -0.1) is 0 Å². The molecule has 2 heterocycles. The number of anilines is 1. The molecule has 6 nitrogen and oxygen atoms in total. The standard InChI is InChI=1S/C22H24N4O2/c1-15(2)21(27)25-18(16-9-5-4-6-10-16)13-19(26-22(25)23-14-24-26)17-11-7-8-12-20(17)28-3/h4-12,14-15,18-19H,13H2,1-3H3. The van der Waals surface area contributed by atoms with Gasteiger partial charge in [0.1, 0.15) is 12.1 Å². The second kappa shape index (κ2) is 7.46. The average molecular weight is 376 g/mol. The number of fused-ring (bicyclic) bond motifs is 1. The number of ether oxygens (including phenoxy) is 1. The van der Waals surface area contributed by atoms with Gasteiger partial charge in [-0.05, 0) is 18.1 Å². The monoisotopic (exact) mass is 376 g/mol. The van der Waals surface area contributed by atoms with Gasteiger partial charge in [0.25, 0.3) is 0 Å². The molecule has 0 spiro atoms.